The lowest BCUT2D eigenvalue weighted by molar-refractivity contribution is -0.131. The van der Waals surface area contributed by atoms with Gasteiger partial charge in [-0.1, -0.05) is 13.8 Å². The zero-order valence-electron chi connectivity index (χ0n) is 12.5. The van der Waals surface area contributed by atoms with Gasteiger partial charge in [-0.15, -0.1) is 0 Å². The van der Waals surface area contributed by atoms with Crippen molar-refractivity contribution in [3.63, 3.8) is 0 Å². The predicted octanol–water partition coefficient (Wildman–Crippen LogP) is 2.56. The number of aryl methyl sites for hydroxylation is 2. The first-order chi connectivity index (χ1) is 8.90. The molecule has 106 valence electrons. The quantitative estimate of drug-likeness (QED) is 0.909. The third kappa shape index (κ3) is 2.84. The van der Waals surface area contributed by atoms with Gasteiger partial charge in [0, 0.05) is 18.2 Å². The number of carbonyl (C=O) groups is 1. The Balaban J connectivity index is 2.11. The molecule has 1 aromatic rings. The summed E-state index contributed by atoms with van der Waals surface area (Å²) in [5, 5.41) is 3.33. The summed E-state index contributed by atoms with van der Waals surface area (Å²) in [6.07, 6.45) is 0.886. The minimum absolute atomic E-state index is 0.0317. The Kier molecular flexibility index (Phi) is 3.99. The van der Waals surface area contributed by atoms with Crippen molar-refractivity contribution >= 4 is 5.91 Å². The third-order valence-corrected chi connectivity index (χ3v) is 3.77. The molecule has 4 heteroatoms. The molecule has 1 amide bonds. The average Bonchev–Trinajstić information content (AvgIpc) is 2.82. The van der Waals surface area contributed by atoms with Crippen LogP contribution in [0.15, 0.2) is 10.5 Å². The molecular weight excluding hydrogens is 240 g/mol. The van der Waals surface area contributed by atoms with Gasteiger partial charge < -0.3 is 14.6 Å². The maximum atomic E-state index is 12.4. The van der Waals surface area contributed by atoms with Gasteiger partial charge in [0.2, 0.25) is 5.91 Å². The third-order valence-electron chi connectivity index (χ3n) is 3.77. The first kappa shape index (κ1) is 14.1. The van der Waals surface area contributed by atoms with Crippen molar-refractivity contribution in [3.05, 3.63) is 23.2 Å². The fourth-order valence-corrected chi connectivity index (χ4v) is 2.88. The van der Waals surface area contributed by atoms with Crippen molar-refractivity contribution in [2.24, 2.45) is 0 Å². The van der Waals surface area contributed by atoms with Crippen LogP contribution in [-0.2, 0) is 4.79 Å². The highest BCUT2D eigenvalue weighted by molar-refractivity contribution is 5.84. The zero-order valence-corrected chi connectivity index (χ0v) is 12.5. The molecule has 0 spiro atoms. The van der Waals surface area contributed by atoms with Crippen LogP contribution in [0.4, 0.5) is 0 Å². The second kappa shape index (κ2) is 5.37. The molecule has 2 rings (SSSR count). The fraction of sp³-hybridized carbons (Fsp3) is 0.667. The summed E-state index contributed by atoms with van der Waals surface area (Å²) in [6, 6.07) is 2.43. The molecule has 0 bridgehead atoms. The van der Waals surface area contributed by atoms with Crippen LogP contribution >= 0.6 is 0 Å². The average molecular weight is 264 g/mol. The number of hydrogen-bond acceptors (Lipinski definition) is 3. The summed E-state index contributed by atoms with van der Waals surface area (Å²) in [5.41, 5.74) is 1.12. The van der Waals surface area contributed by atoms with Crippen molar-refractivity contribution in [1.82, 2.24) is 10.2 Å². The van der Waals surface area contributed by atoms with E-state index < -0.39 is 0 Å². The lowest BCUT2D eigenvalue weighted by Crippen LogP contribution is -2.42. The summed E-state index contributed by atoms with van der Waals surface area (Å²) in [7, 11) is 0. The van der Waals surface area contributed by atoms with E-state index in [9.17, 15) is 4.79 Å². The number of hydrogen-bond donors (Lipinski definition) is 1. The summed E-state index contributed by atoms with van der Waals surface area (Å²) < 4.78 is 5.57. The number of carbonyl (C=O) groups excluding carboxylic acids is 1. The molecule has 1 aliphatic heterocycles. The zero-order chi connectivity index (χ0) is 14.2. The summed E-state index contributed by atoms with van der Waals surface area (Å²) in [5.74, 6) is 2.03. The van der Waals surface area contributed by atoms with Crippen molar-refractivity contribution in [1.29, 1.82) is 0 Å². The molecule has 0 aliphatic carbocycles. The van der Waals surface area contributed by atoms with Gasteiger partial charge >= 0.3 is 0 Å². The molecule has 2 unspecified atom stereocenters. The second-order valence-electron chi connectivity index (χ2n) is 5.74. The smallest absolute Gasteiger partial charge is 0.240 e. The van der Waals surface area contributed by atoms with Gasteiger partial charge in [0.15, 0.2) is 0 Å². The van der Waals surface area contributed by atoms with Gasteiger partial charge in [-0.05, 0) is 33.3 Å². The number of rotatable bonds is 4. The van der Waals surface area contributed by atoms with Crippen molar-refractivity contribution < 1.29 is 9.21 Å². The molecule has 1 aromatic heterocycles. The Morgan fingerprint density at radius 3 is 2.58 bits per heavy atom. The van der Waals surface area contributed by atoms with Gasteiger partial charge in [0.1, 0.15) is 11.5 Å². The summed E-state index contributed by atoms with van der Waals surface area (Å²) in [4.78, 5) is 14.4. The standard InChI is InChI=1S/C15H24N2O2/c1-9(2)16-14-6-7-17(15(14)18)11(4)13-8-10(3)19-12(13)5/h8-9,11,14,16H,6-7H2,1-5H3. The highest BCUT2D eigenvalue weighted by atomic mass is 16.3. The van der Waals surface area contributed by atoms with Crippen LogP contribution < -0.4 is 5.32 Å². The van der Waals surface area contributed by atoms with Gasteiger partial charge in [-0.3, -0.25) is 4.79 Å². The molecule has 1 N–H and O–H groups in total. The monoisotopic (exact) mass is 264 g/mol. The molecule has 2 atom stereocenters. The number of furan rings is 1. The van der Waals surface area contributed by atoms with Crippen LogP contribution in [0.2, 0.25) is 0 Å². The Hall–Kier alpha value is -1.29. The van der Waals surface area contributed by atoms with E-state index in [4.69, 9.17) is 4.42 Å². The van der Waals surface area contributed by atoms with E-state index in [0.29, 0.717) is 6.04 Å². The minimum Gasteiger partial charge on any atom is -0.466 e. The van der Waals surface area contributed by atoms with Gasteiger partial charge in [-0.25, -0.2) is 0 Å². The topological polar surface area (TPSA) is 45.5 Å². The van der Waals surface area contributed by atoms with E-state index in [1.807, 2.05) is 24.8 Å². The first-order valence-electron chi connectivity index (χ1n) is 7.03. The molecule has 1 aliphatic rings. The maximum Gasteiger partial charge on any atom is 0.240 e. The highest BCUT2D eigenvalue weighted by Crippen LogP contribution is 2.29. The molecule has 4 nitrogen and oxygen atoms in total. The van der Waals surface area contributed by atoms with E-state index in [2.05, 4.69) is 26.1 Å². The Bertz CT molecular complexity index is 465. The van der Waals surface area contributed by atoms with Crippen LogP contribution in [0.3, 0.4) is 0 Å². The molecule has 2 heterocycles. The van der Waals surface area contributed by atoms with Crippen LogP contribution in [0.25, 0.3) is 0 Å². The van der Waals surface area contributed by atoms with Gasteiger partial charge in [0.25, 0.3) is 0 Å². The molecular formula is C15H24N2O2. The number of likely N-dealkylation sites (tertiary alicyclic amines) is 1. The normalized spacial score (nSPS) is 21.5. The van der Waals surface area contributed by atoms with Gasteiger partial charge in [0.05, 0.1) is 12.1 Å². The Morgan fingerprint density at radius 1 is 1.37 bits per heavy atom. The van der Waals surface area contributed by atoms with Crippen LogP contribution in [0.5, 0.6) is 0 Å². The maximum absolute atomic E-state index is 12.4. The Labute approximate surface area is 115 Å². The molecule has 0 saturated carbocycles. The van der Waals surface area contributed by atoms with Crippen molar-refractivity contribution in [3.8, 4) is 0 Å². The van der Waals surface area contributed by atoms with E-state index in [1.165, 1.54) is 0 Å². The summed E-state index contributed by atoms with van der Waals surface area (Å²) in [6.45, 7) is 10.9. The highest BCUT2D eigenvalue weighted by Gasteiger charge is 2.35. The number of amides is 1. The molecule has 1 saturated heterocycles. The largest absolute Gasteiger partial charge is 0.466 e. The van der Waals surface area contributed by atoms with E-state index in [1.54, 1.807) is 0 Å². The minimum atomic E-state index is -0.0317. The van der Waals surface area contributed by atoms with E-state index in [0.717, 1.165) is 30.0 Å². The lowest BCUT2D eigenvalue weighted by atomic mass is 10.1. The van der Waals surface area contributed by atoms with Crippen LogP contribution in [-0.4, -0.2) is 29.4 Å². The second-order valence-corrected chi connectivity index (χ2v) is 5.74. The predicted molar refractivity (Wildman–Crippen MR) is 75.0 cm³/mol. The first-order valence-corrected chi connectivity index (χ1v) is 7.03. The SMILES string of the molecule is Cc1cc(C(C)N2CCC(NC(C)C)C2=O)c(C)o1. The molecule has 19 heavy (non-hydrogen) atoms. The fourth-order valence-electron chi connectivity index (χ4n) is 2.88. The molecule has 0 radical (unpaired) electrons. The van der Waals surface area contributed by atoms with Crippen LogP contribution in [0, 0.1) is 13.8 Å². The van der Waals surface area contributed by atoms with Gasteiger partial charge in [-0.2, -0.15) is 0 Å². The Morgan fingerprint density at radius 2 is 2.05 bits per heavy atom. The van der Waals surface area contributed by atoms with E-state index >= 15 is 0 Å². The lowest BCUT2D eigenvalue weighted by Gasteiger charge is -2.25. The molecule has 1 fully saturated rings. The molecule has 0 aromatic carbocycles. The number of nitrogens with zero attached hydrogens (tertiary/aromatic N) is 1. The van der Waals surface area contributed by atoms with Crippen molar-refractivity contribution in [2.75, 3.05) is 6.54 Å². The van der Waals surface area contributed by atoms with E-state index in [-0.39, 0.29) is 18.0 Å². The van der Waals surface area contributed by atoms with Crippen LogP contribution in [0.1, 0.15) is 50.3 Å². The number of nitrogens with one attached hydrogen (secondary N) is 1. The van der Waals surface area contributed by atoms with Crippen molar-refractivity contribution in [2.45, 2.75) is 59.2 Å². The summed E-state index contributed by atoms with van der Waals surface area (Å²) >= 11 is 0.